The number of amidine groups is 1. The van der Waals surface area contributed by atoms with Gasteiger partial charge in [0.1, 0.15) is 5.37 Å². The summed E-state index contributed by atoms with van der Waals surface area (Å²) in [4.78, 5) is 22.7. The van der Waals surface area contributed by atoms with Gasteiger partial charge < -0.3 is 5.73 Å². The van der Waals surface area contributed by atoms with E-state index in [4.69, 9.17) is 17.3 Å². The molecule has 1 aromatic heterocycles. The zero-order chi connectivity index (χ0) is 22.9. The lowest BCUT2D eigenvalue weighted by Gasteiger charge is -2.28. The van der Waals surface area contributed by atoms with Crippen LogP contribution in [0.5, 0.6) is 0 Å². The summed E-state index contributed by atoms with van der Waals surface area (Å²) in [5, 5.41) is 2.71. The lowest BCUT2D eigenvalue weighted by molar-refractivity contribution is 0.0826. The number of hydrogen-bond donors (Lipinski definition) is 2. The number of halogens is 1. The lowest BCUT2D eigenvalue weighted by atomic mass is 10.1. The van der Waals surface area contributed by atoms with Crippen LogP contribution in [0.15, 0.2) is 88.8 Å². The molecule has 2 unspecified atom stereocenters. The fraction of sp³-hybridized carbons (Fsp3) is 0.125. The Bertz CT molecular complexity index is 1250. The first-order valence-electron chi connectivity index (χ1n) is 10.2. The van der Waals surface area contributed by atoms with E-state index in [2.05, 4.69) is 46.6 Å². The van der Waals surface area contributed by atoms with Gasteiger partial charge in [0.25, 0.3) is 5.91 Å². The molecular formula is C24H20ClN5OS2. The third-order valence-electron chi connectivity index (χ3n) is 5.31. The zero-order valence-corrected chi connectivity index (χ0v) is 20.0. The molecule has 1 amide bonds. The van der Waals surface area contributed by atoms with Crippen LogP contribution in [0.2, 0.25) is 5.02 Å². The van der Waals surface area contributed by atoms with Gasteiger partial charge in [0.2, 0.25) is 0 Å². The van der Waals surface area contributed by atoms with Crippen LogP contribution >= 0.6 is 35.1 Å². The topological polar surface area (TPSA) is 83.6 Å². The van der Waals surface area contributed by atoms with Crippen LogP contribution in [-0.4, -0.2) is 21.1 Å². The molecule has 3 aromatic rings. The molecule has 2 aromatic carbocycles. The minimum absolute atomic E-state index is 0.0458. The van der Waals surface area contributed by atoms with Crippen molar-refractivity contribution in [2.45, 2.75) is 17.5 Å². The van der Waals surface area contributed by atoms with Crippen LogP contribution in [0.3, 0.4) is 0 Å². The highest BCUT2D eigenvalue weighted by molar-refractivity contribution is 8.15. The summed E-state index contributed by atoms with van der Waals surface area (Å²) >= 11 is 9.28. The van der Waals surface area contributed by atoms with E-state index in [1.807, 2.05) is 29.3 Å². The number of rotatable bonds is 4. The Balaban J connectivity index is 1.55. The number of benzene rings is 2. The molecule has 0 spiro atoms. The molecule has 166 valence electrons. The third-order valence-corrected chi connectivity index (χ3v) is 8.17. The number of hydrazine groups is 1. The average molecular weight is 494 g/mol. The van der Waals surface area contributed by atoms with Gasteiger partial charge in [0.05, 0.1) is 5.25 Å². The van der Waals surface area contributed by atoms with Crippen molar-refractivity contribution in [1.82, 2.24) is 15.4 Å². The van der Waals surface area contributed by atoms with Crippen molar-refractivity contribution in [1.29, 1.82) is 0 Å². The van der Waals surface area contributed by atoms with Crippen LogP contribution in [-0.2, 0) is 0 Å². The van der Waals surface area contributed by atoms with Crippen molar-refractivity contribution >= 4 is 46.2 Å². The summed E-state index contributed by atoms with van der Waals surface area (Å²) in [5.41, 5.74) is 13.1. The monoisotopic (exact) mass is 493 g/mol. The van der Waals surface area contributed by atoms with E-state index in [-0.39, 0.29) is 16.5 Å². The Morgan fingerprint density at radius 1 is 1.00 bits per heavy atom. The van der Waals surface area contributed by atoms with E-state index >= 15 is 0 Å². The maximum atomic E-state index is 13.1. The molecule has 2 atom stereocenters. The minimum atomic E-state index is -0.237. The molecule has 2 aliphatic rings. The van der Waals surface area contributed by atoms with E-state index in [1.54, 1.807) is 36.3 Å². The first-order valence-corrected chi connectivity index (χ1v) is 12.4. The highest BCUT2D eigenvalue weighted by Gasteiger charge is 2.41. The smallest absolute Gasteiger partial charge is 0.269 e. The zero-order valence-electron chi connectivity index (χ0n) is 17.6. The number of amides is 1. The van der Waals surface area contributed by atoms with Crippen molar-refractivity contribution in [3.63, 3.8) is 0 Å². The minimum Gasteiger partial charge on any atom is -0.378 e. The Labute approximate surface area is 205 Å². The maximum Gasteiger partial charge on any atom is 0.269 e. The van der Waals surface area contributed by atoms with Crippen molar-refractivity contribution in [2.75, 3.05) is 0 Å². The van der Waals surface area contributed by atoms with Crippen LogP contribution in [0.1, 0.15) is 37.7 Å². The number of aromatic nitrogens is 1. The second-order valence-electron chi connectivity index (χ2n) is 7.62. The van der Waals surface area contributed by atoms with Gasteiger partial charge in [-0.15, -0.1) is 0 Å². The highest BCUT2D eigenvalue weighted by atomic mass is 35.5. The van der Waals surface area contributed by atoms with E-state index in [9.17, 15) is 4.79 Å². The SMILES string of the molecule is Cc1ccc(C2SC3=C(N=C(N)SC3c3ccc(Cl)cc3)N2NC(=O)c2ccncc2)cc1. The lowest BCUT2D eigenvalue weighted by Crippen LogP contribution is -2.41. The molecule has 6 nitrogen and oxygen atoms in total. The number of nitrogens with zero attached hydrogens (tertiary/aromatic N) is 3. The van der Waals surface area contributed by atoms with Crippen molar-refractivity contribution < 1.29 is 4.79 Å². The van der Waals surface area contributed by atoms with Gasteiger partial charge >= 0.3 is 0 Å². The van der Waals surface area contributed by atoms with E-state index in [0.717, 1.165) is 16.0 Å². The van der Waals surface area contributed by atoms with Gasteiger partial charge in [-0.05, 0) is 42.3 Å². The van der Waals surface area contributed by atoms with Crippen molar-refractivity contribution in [2.24, 2.45) is 10.7 Å². The second-order valence-corrected chi connectivity index (χ2v) is 10.3. The molecule has 33 heavy (non-hydrogen) atoms. The summed E-state index contributed by atoms with van der Waals surface area (Å²) in [5.74, 6) is 0.420. The third kappa shape index (κ3) is 4.46. The fourth-order valence-corrected chi connectivity index (χ4v) is 6.27. The molecule has 3 heterocycles. The largest absolute Gasteiger partial charge is 0.378 e. The molecule has 0 saturated carbocycles. The summed E-state index contributed by atoms with van der Waals surface area (Å²) in [7, 11) is 0. The standard InChI is InChI=1S/C24H20ClN5OS2/c1-14-2-4-17(5-3-14)23-30(29-22(31)16-10-12-27-13-11-16)21-20(32-23)19(33-24(26)28-21)15-6-8-18(25)9-7-15/h2-13,19,23H,1H3,(H2,26,28)(H,29,31). The second kappa shape index (κ2) is 9.13. The van der Waals surface area contributed by atoms with Crippen LogP contribution in [0, 0.1) is 6.92 Å². The molecule has 5 rings (SSSR count). The quantitative estimate of drug-likeness (QED) is 0.505. The molecular weight excluding hydrogens is 474 g/mol. The first kappa shape index (κ1) is 21.9. The molecule has 0 bridgehead atoms. The molecule has 3 N–H and O–H groups in total. The first-order chi connectivity index (χ1) is 16.0. The van der Waals surface area contributed by atoms with Crippen LogP contribution < -0.4 is 11.2 Å². The van der Waals surface area contributed by atoms with E-state index < -0.39 is 0 Å². The molecule has 2 aliphatic heterocycles. The molecule has 0 aliphatic carbocycles. The van der Waals surface area contributed by atoms with Crippen LogP contribution in [0.4, 0.5) is 0 Å². The van der Waals surface area contributed by atoms with Crippen molar-refractivity contribution in [3.05, 3.63) is 111 Å². The number of nitrogens with two attached hydrogens (primary N) is 1. The van der Waals surface area contributed by atoms with Gasteiger partial charge in [-0.2, -0.15) is 0 Å². The van der Waals surface area contributed by atoms with E-state index in [0.29, 0.717) is 21.6 Å². The fourth-order valence-electron chi connectivity index (χ4n) is 3.64. The Morgan fingerprint density at radius 3 is 2.36 bits per heavy atom. The number of carbonyl (C=O) groups excluding carboxylic acids is 1. The van der Waals surface area contributed by atoms with Gasteiger partial charge in [-0.1, -0.05) is 77.1 Å². The summed E-state index contributed by atoms with van der Waals surface area (Å²) < 4.78 is 0. The van der Waals surface area contributed by atoms with Gasteiger partial charge in [-0.25, -0.2) is 10.0 Å². The van der Waals surface area contributed by atoms with Gasteiger partial charge in [0.15, 0.2) is 11.0 Å². The van der Waals surface area contributed by atoms with E-state index in [1.165, 1.54) is 17.3 Å². The Hall–Kier alpha value is -2.94. The number of hydrogen-bond acceptors (Lipinski definition) is 7. The summed E-state index contributed by atoms with van der Waals surface area (Å²) in [6, 6.07) is 19.4. The number of pyridine rings is 1. The molecule has 9 heteroatoms. The number of aryl methyl sites for hydroxylation is 1. The summed E-state index contributed by atoms with van der Waals surface area (Å²) in [6.07, 6.45) is 3.19. The average Bonchev–Trinajstić information content (AvgIpc) is 3.18. The molecule has 0 saturated heterocycles. The highest BCUT2D eigenvalue weighted by Crippen LogP contribution is 2.57. The predicted octanol–water partition coefficient (Wildman–Crippen LogP) is 5.41. The number of thioether (sulfide) groups is 2. The molecule has 0 radical (unpaired) electrons. The van der Waals surface area contributed by atoms with Gasteiger partial charge in [-0.3, -0.25) is 15.2 Å². The number of carbonyl (C=O) groups is 1. The summed E-state index contributed by atoms with van der Waals surface area (Å²) in [6.45, 7) is 2.05. The Morgan fingerprint density at radius 2 is 1.67 bits per heavy atom. The maximum absolute atomic E-state index is 13.1. The number of aliphatic imine (C=N–C) groups is 1. The van der Waals surface area contributed by atoms with Crippen LogP contribution in [0.25, 0.3) is 0 Å². The number of nitrogens with one attached hydrogen (secondary N) is 1. The van der Waals surface area contributed by atoms with Crippen molar-refractivity contribution in [3.8, 4) is 0 Å². The normalized spacial score (nSPS) is 19.8. The Kier molecular flexibility index (Phi) is 6.05. The van der Waals surface area contributed by atoms with Gasteiger partial charge in [0, 0.05) is 27.9 Å². The molecule has 0 fully saturated rings. The predicted molar refractivity (Wildman–Crippen MR) is 135 cm³/mol.